The summed E-state index contributed by atoms with van der Waals surface area (Å²) in [6.07, 6.45) is 5.60. The molecule has 0 saturated heterocycles. The maximum Gasteiger partial charge on any atom is 0.243 e. The van der Waals surface area contributed by atoms with E-state index in [2.05, 4.69) is 20.4 Å². The summed E-state index contributed by atoms with van der Waals surface area (Å²) in [7, 11) is -3.46. The highest BCUT2D eigenvalue weighted by Crippen LogP contribution is 2.34. The molecule has 0 radical (unpaired) electrons. The summed E-state index contributed by atoms with van der Waals surface area (Å²) in [4.78, 5) is 0.386. The van der Waals surface area contributed by atoms with Crippen molar-refractivity contribution in [1.29, 1.82) is 0 Å². The molecule has 0 aromatic heterocycles. The molecule has 126 valence electrons. The van der Waals surface area contributed by atoms with Crippen LogP contribution < -0.4 is 0 Å². The maximum absolute atomic E-state index is 13.1. The lowest BCUT2D eigenvalue weighted by atomic mass is 10.0. The molecule has 1 aromatic carbocycles. The van der Waals surface area contributed by atoms with Crippen molar-refractivity contribution in [3.63, 3.8) is 0 Å². The summed E-state index contributed by atoms with van der Waals surface area (Å²) in [5.41, 5.74) is 3.46. The number of benzene rings is 1. The van der Waals surface area contributed by atoms with Crippen LogP contribution in [0.4, 0.5) is 0 Å². The van der Waals surface area contributed by atoms with Crippen molar-refractivity contribution in [3.8, 4) is 0 Å². The van der Waals surface area contributed by atoms with Gasteiger partial charge in [-0.15, -0.1) is 6.58 Å². The minimum atomic E-state index is -3.46. The Hall–Kier alpha value is -1.39. The third-order valence-electron chi connectivity index (χ3n) is 4.60. The Morgan fingerprint density at radius 2 is 1.91 bits per heavy atom. The molecule has 0 aliphatic carbocycles. The Labute approximate surface area is 140 Å². The SMILES string of the molecule is C=CCC1=C(C)C(CCCC)N(S(=O)(=O)c2ccc(C)cc2)C1. The van der Waals surface area contributed by atoms with Crippen LogP contribution in [0.15, 0.2) is 53.0 Å². The first-order valence-corrected chi connectivity index (χ1v) is 9.73. The first kappa shape index (κ1) is 18.0. The van der Waals surface area contributed by atoms with Gasteiger partial charge in [-0.25, -0.2) is 8.42 Å². The topological polar surface area (TPSA) is 37.4 Å². The molecule has 0 spiro atoms. The smallest absolute Gasteiger partial charge is 0.207 e. The summed E-state index contributed by atoms with van der Waals surface area (Å²) in [5.74, 6) is 0. The van der Waals surface area contributed by atoms with Crippen molar-refractivity contribution in [2.24, 2.45) is 0 Å². The van der Waals surface area contributed by atoms with Crippen LogP contribution in [0.3, 0.4) is 0 Å². The van der Waals surface area contributed by atoms with Gasteiger partial charge in [0.25, 0.3) is 0 Å². The van der Waals surface area contributed by atoms with Gasteiger partial charge >= 0.3 is 0 Å². The van der Waals surface area contributed by atoms with Gasteiger partial charge in [-0.05, 0) is 38.8 Å². The van der Waals surface area contributed by atoms with E-state index in [-0.39, 0.29) is 6.04 Å². The average molecular weight is 333 g/mol. The van der Waals surface area contributed by atoms with Crippen LogP contribution in [0.5, 0.6) is 0 Å². The van der Waals surface area contributed by atoms with Gasteiger partial charge in [-0.1, -0.05) is 54.7 Å². The summed E-state index contributed by atoms with van der Waals surface area (Å²) < 4.78 is 27.9. The molecule has 0 fully saturated rings. The zero-order valence-corrected chi connectivity index (χ0v) is 15.2. The fourth-order valence-corrected chi connectivity index (χ4v) is 4.81. The third-order valence-corrected chi connectivity index (χ3v) is 6.47. The molecule has 4 heteroatoms. The molecule has 1 aromatic rings. The van der Waals surface area contributed by atoms with Crippen molar-refractivity contribution in [2.75, 3.05) is 6.54 Å². The molecular weight excluding hydrogens is 306 g/mol. The van der Waals surface area contributed by atoms with Crippen LogP contribution in [0.1, 0.15) is 45.1 Å². The second kappa shape index (κ2) is 7.45. The molecule has 0 amide bonds. The number of allylic oxidation sites excluding steroid dienone is 1. The van der Waals surface area contributed by atoms with E-state index in [0.717, 1.165) is 31.2 Å². The van der Waals surface area contributed by atoms with E-state index in [1.165, 1.54) is 11.1 Å². The Balaban J connectivity index is 2.35. The Morgan fingerprint density at radius 1 is 1.26 bits per heavy atom. The van der Waals surface area contributed by atoms with E-state index in [4.69, 9.17) is 0 Å². The highest BCUT2D eigenvalue weighted by Gasteiger charge is 2.37. The Morgan fingerprint density at radius 3 is 2.48 bits per heavy atom. The van der Waals surface area contributed by atoms with E-state index in [9.17, 15) is 8.42 Å². The number of nitrogens with zero attached hydrogens (tertiary/aromatic N) is 1. The van der Waals surface area contributed by atoms with Crippen molar-refractivity contribution in [2.45, 2.75) is 57.4 Å². The molecule has 0 bridgehead atoms. The van der Waals surface area contributed by atoms with Crippen LogP contribution in [0.2, 0.25) is 0 Å². The quantitative estimate of drug-likeness (QED) is 0.691. The second-order valence-corrected chi connectivity index (χ2v) is 8.19. The molecule has 2 rings (SSSR count). The lowest BCUT2D eigenvalue weighted by Gasteiger charge is -2.25. The minimum absolute atomic E-state index is 0.0174. The molecule has 1 unspecified atom stereocenters. The molecule has 1 aliphatic rings. The van der Waals surface area contributed by atoms with Gasteiger partial charge in [0, 0.05) is 12.6 Å². The highest BCUT2D eigenvalue weighted by atomic mass is 32.2. The van der Waals surface area contributed by atoms with Crippen molar-refractivity contribution in [3.05, 3.63) is 53.6 Å². The van der Waals surface area contributed by atoms with Crippen LogP contribution in [0, 0.1) is 6.92 Å². The normalized spacial score (nSPS) is 19.3. The lowest BCUT2D eigenvalue weighted by molar-refractivity contribution is 0.375. The van der Waals surface area contributed by atoms with Gasteiger partial charge in [0.1, 0.15) is 0 Å². The van der Waals surface area contributed by atoms with E-state index < -0.39 is 10.0 Å². The van der Waals surface area contributed by atoms with Crippen molar-refractivity contribution in [1.82, 2.24) is 4.31 Å². The molecule has 1 aliphatic heterocycles. The van der Waals surface area contributed by atoms with Crippen LogP contribution in [0.25, 0.3) is 0 Å². The van der Waals surface area contributed by atoms with Crippen molar-refractivity contribution < 1.29 is 8.42 Å². The Bertz CT molecular complexity index is 687. The van der Waals surface area contributed by atoms with Gasteiger partial charge in [-0.2, -0.15) is 4.31 Å². The largest absolute Gasteiger partial charge is 0.243 e. The summed E-state index contributed by atoms with van der Waals surface area (Å²) >= 11 is 0. The standard InChI is InChI=1S/C19H27NO2S/c1-5-7-9-19-16(4)17(8-6-2)14-20(19)23(21,22)18-12-10-15(3)11-13-18/h6,10-13,19H,2,5,7-9,14H2,1,3-4H3. The maximum atomic E-state index is 13.1. The summed E-state index contributed by atoms with van der Waals surface area (Å²) in [6.45, 7) is 10.5. The van der Waals surface area contributed by atoms with E-state index in [1.54, 1.807) is 16.4 Å². The molecule has 1 atom stereocenters. The van der Waals surface area contributed by atoms with E-state index >= 15 is 0 Å². The van der Waals surface area contributed by atoms with Crippen LogP contribution in [-0.2, 0) is 10.0 Å². The highest BCUT2D eigenvalue weighted by molar-refractivity contribution is 7.89. The first-order valence-electron chi connectivity index (χ1n) is 8.29. The van der Waals surface area contributed by atoms with Gasteiger partial charge < -0.3 is 0 Å². The molecule has 0 saturated carbocycles. The zero-order chi connectivity index (χ0) is 17.0. The van der Waals surface area contributed by atoms with Crippen molar-refractivity contribution >= 4 is 10.0 Å². The van der Waals surface area contributed by atoms with Gasteiger partial charge in [0.15, 0.2) is 0 Å². The molecule has 1 heterocycles. The van der Waals surface area contributed by atoms with Crippen LogP contribution >= 0.6 is 0 Å². The minimum Gasteiger partial charge on any atom is -0.207 e. The number of unbranched alkanes of at least 4 members (excludes halogenated alkanes) is 1. The summed E-state index contributed by atoms with van der Waals surface area (Å²) in [6, 6.07) is 7.12. The fourth-order valence-electron chi connectivity index (χ4n) is 3.13. The predicted octanol–water partition coefficient (Wildman–Crippen LogP) is 4.45. The number of hydrogen-bond donors (Lipinski definition) is 0. The van der Waals surface area contributed by atoms with E-state index in [0.29, 0.717) is 11.4 Å². The second-order valence-electron chi connectivity index (χ2n) is 6.30. The Kier molecular flexibility index (Phi) is 5.82. The number of sulfonamides is 1. The predicted molar refractivity (Wildman–Crippen MR) is 95.9 cm³/mol. The monoisotopic (exact) mass is 333 g/mol. The van der Waals surface area contributed by atoms with Gasteiger partial charge in [-0.3, -0.25) is 0 Å². The third kappa shape index (κ3) is 3.75. The zero-order valence-electron chi connectivity index (χ0n) is 14.4. The molecule has 23 heavy (non-hydrogen) atoms. The van der Waals surface area contributed by atoms with Gasteiger partial charge in [0.05, 0.1) is 4.90 Å². The molecule has 0 N–H and O–H groups in total. The number of rotatable bonds is 7. The van der Waals surface area contributed by atoms with Gasteiger partial charge in [0.2, 0.25) is 10.0 Å². The molecule has 3 nitrogen and oxygen atoms in total. The number of aryl methyl sites for hydroxylation is 1. The average Bonchev–Trinajstić information content (AvgIpc) is 2.83. The molecular formula is C19H27NO2S. The fraction of sp³-hybridized carbons (Fsp3) is 0.474. The summed E-state index contributed by atoms with van der Waals surface area (Å²) in [5, 5.41) is 0. The van der Waals surface area contributed by atoms with Crippen LogP contribution in [-0.4, -0.2) is 25.3 Å². The number of hydrogen-bond acceptors (Lipinski definition) is 2. The van der Waals surface area contributed by atoms with E-state index in [1.807, 2.05) is 25.1 Å². The first-order chi connectivity index (χ1) is 10.9. The lowest BCUT2D eigenvalue weighted by Crippen LogP contribution is -2.37.